The minimum Gasteiger partial charge on any atom is -0.493 e. The Morgan fingerprint density at radius 2 is 1.74 bits per heavy atom. The van der Waals surface area contributed by atoms with Gasteiger partial charge in [0.2, 0.25) is 17.6 Å². The lowest BCUT2D eigenvalue weighted by atomic mass is 9.84. The van der Waals surface area contributed by atoms with Crippen molar-refractivity contribution in [3.8, 4) is 40.5 Å². The Morgan fingerprint density at radius 3 is 2.50 bits per heavy atom. The third-order valence-corrected chi connectivity index (χ3v) is 6.70. The lowest BCUT2D eigenvalue weighted by Crippen LogP contribution is -2.16. The molecule has 1 atom stereocenters. The predicted octanol–water partition coefficient (Wildman–Crippen LogP) is 5.18. The molecule has 0 bridgehead atoms. The molecule has 5 heterocycles. The number of methoxy groups -OCH3 is 2. The van der Waals surface area contributed by atoms with Gasteiger partial charge in [-0.05, 0) is 48.9 Å². The SMILES string of the molecule is COc1ccc(C2c3c(C)nn(-c4ccccc4)c3Oc3ncn4nc(-c5ccco5)nc4c32)cc1OC. The molecule has 0 radical (unpaired) electrons. The number of fused-ring (bicyclic) bond motifs is 4. The normalized spacial score (nSPS) is 14.1. The van der Waals surface area contributed by atoms with Crippen LogP contribution in [-0.4, -0.2) is 43.6 Å². The van der Waals surface area contributed by atoms with E-state index >= 15 is 0 Å². The van der Waals surface area contributed by atoms with Crippen molar-refractivity contribution in [3.63, 3.8) is 0 Å². The second kappa shape index (κ2) is 8.48. The van der Waals surface area contributed by atoms with Gasteiger partial charge in [0.05, 0.1) is 48.9 Å². The lowest BCUT2D eigenvalue weighted by Gasteiger charge is -2.26. The highest BCUT2D eigenvalue weighted by Gasteiger charge is 2.38. The standard InChI is InChI=1S/C28H22N6O4/c1-16-22-23(17-11-12-19(35-2)21(14-17)36-3)24-26-30-25(20-10-7-13-37-20)32-33(26)15-29-27(24)38-28(22)34(31-16)18-8-5-4-6-9-18/h4-15,23H,1-3H3. The fourth-order valence-electron chi connectivity index (χ4n) is 5.00. The van der Waals surface area contributed by atoms with Gasteiger partial charge in [-0.25, -0.2) is 19.2 Å². The quantitative estimate of drug-likeness (QED) is 0.315. The molecule has 0 saturated carbocycles. The van der Waals surface area contributed by atoms with Crippen LogP contribution in [-0.2, 0) is 0 Å². The summed E-state index contributed by atoms with van der Waals surface area (Å²) in [5.74, 6) is 2.99. The Morgan fingerprint density at radius 1 is 0.895 bits per heavy atom. The van der Waals surface area contributed by atoms with Crippen LogP contribution in [0.25, 0.3) is 22.9 Å². The summed E-state index contributed by atoms with van der Waals surface area (Å²) in [7, 11) is 3.24. The van der Waals surface area contributed by atoms with Crippen molar-refractivity contribution >= 4 is 5.65 Å². The Labute approximate surface area is 217 Å². The van der Waals surface area contributed by atoms with Crippen LogP contribution in [0.4, 0.5) is 0 Å². The fraction of sp³-hybridized carbons (Fsp3) is 0.143. The van der Waals surface area contributed by atoms with Gasteiger partial charge in [0.15, 0.2) is 22.9 Å². The van der Waals surface area contributed by atoms with Gasteiger partial charge in [-0.1, -0.05) is 24.3 Å². The van der Waals surface area contributed by atoms with E-state index in [-0.39, 0.29) is 5.92 Å². The summed E-state index contributed by atoms with van der Waals surface area (Å²) in [5.41, 5.74) is 4.94. The number of hydrogen-bond donors (Lipinski definition) is 0. The van der Waals surface area contributed by atoms with Crippen molar-refractivity contribution in [1.82, 2.24) is 29.4 Å². The highest BCUT2D eigenvalue weighted by atomic mass is 16.5. The van der Waals surface area contributed by atoms with E-state index in [4.69, 9.17) is 28.7 Å². The highest BCUT2D eigenvalue weighted by Crippen LogP contribution is 2.50. The summed E-state index contributed by atoms with van der Waals surface area (Å²) < 4.78 is 26.6. The summed E-state index contributed by atoms with van der Waals surface area (Å²) in [6, 6.07) is 19.4. The zero-order valence-corrected chi connectivity index (χ0v) is 20.8. The van der Waals surface area contributed by atoms with Crippen LogP contribution >= 0.6 is 0 Å². The topological polar surface area (TPSA) is 102 Å². The first kappa shape index (κ1) is 22.1. The number of aryl methyl sites for hydroxylation is 1. The highest BCUT2D eigenvalue weighted by molar-refractivity contribution is 5.68. The van der Waals surface area contributed by atoms with E-state index in [1.807, 2.05) is 66.2 Å². The molecule has 4 aromatic heterocycles. The third-order valence-electron chi connectivity index (χ3n) is 6.70. The average Bonchev–Trinajstić information content (AvgIpc) is 3.71. The zero-order valence-electron chi connectivity index (χ0n) is 20.8. The van der Waals surface area contributed by atoms with Gasteiger partial charge in [-0.15, -0.1) is 5.10 Å². The second-order valence-corrected chi connectivity index (χ2v) is 8.85. The van der Waals surface area contributed by atoms with Crippen LogP contribution < -0.4 is 14.2 Å². The van der Waals surface area contributed by atoms with Gasteiger partial charge in [-0.2, -0.15) is 5.10 Å². The predicted molar refractivity (Wildman–Crippen MR) is 137 cm³/mol. The van der Waals surface area contributed by atoms with Crippen molar-refractivity contribution < 1.29 is 18.6 Å². The fourth-order valence-corrected chi connectivity index (χ4v) is 5.00. The molecule has 6 aromatic rings. The van der Waals surface area contributed by atoms with Crippen molar-refractivity contribution in [2.75, 3.05) is 14.2 Å². The van der Waals surface area contributed by atoms with Crippen LogP contribution in [0.1, 0.15) is 28.3 Å². The molecular formula is C28H22N6O4. The van der Waals surface area contributed by atoms with E-state index in [2.05, 4.69) is 10.1 Å². The van der Waals surface area contributed by atoms with E-state index in [0.29, 0.717) is 40.5 Å². The average molecular weight is 507 g/mol. The van der Waals surface area contributed by atoms with E-state index < -0.39 is 0 Å². The van der Waals surface area contributed by atoms with Crippen LogP contribution in [0.3, 0.4) is 0 Å². The van der Waals surface area contributed by atoms with Crippen molar-refractivity contribution in [2.24, 2.45) is 0 Å². The number of hydrogen-bond acceptors (Lipinski definition) is 8. The Kier molecular flexibility index (Phi) is 4.93. The maximum Gasteiger partial charge on any atom is 0.230 e. The molecule has 1 aliphatic rings. The van der Waals surface area contributed by atoms with Gasteiger partial charge >= 0.3 is 0 Å². The molecule has 1 aliphatic heterocycles. The molecule has 38 heavy (non-hydrogen) atoms. The molecule has 10 heteroatoms. The van der Waals surface area contributed by atoms with Gasteiger partial charge in [0, 0.05) is 0 Å². The van der Waals surface area contributed by atoms with Crippen LogP contribution in [0, 0.1) is 6.92 Å². The first-order valence-corrected chi connectivity index (χ1v) is 12.0. The molecule has 7 rings (SSSR count). The molecule has 0 N–H and O–H groups in total. The zero-order chi connectivity index (χ0) is 25.8. The number of para-hydroxylation sites is 1. The summed E-state index contributed by atoms with van der Waals surface area (Å²) in [6.07, 6.45) is 3.19. The van der Waals surface area contributed by atoms with Crippen molar-refractivity contribution in [3.05, 3.63) is 95.6 Å². The summed E-state index contributed by atoms with van der Waals surface area (Å²) in [4.78, 5) is 9.49. The minimum atomic E-state index is -0.323. The molecule has 0 amide bonds. The molecule has 0 spiro atoms. The molecule has 188 valence electrons. The lowest BCUT2D eigenvalue weighted by molar-refractivity contribution is 0.354. The maximum atomic E-state index is 6.47. The molecule has 2 aromatic carbocycles. The number of ether oxygens (including phenoxy) is 3. The summed E-state index contributed by atoms with van der Waals surface area (Å²) in [6.45, 7) is 1.98. The number of nitrogens with zero attached hydrogens (tertiary/aromatic N) is 6. The molecule has 1 unspecified atom stereocenters. The Balaban J connectivity index is 1.51. The second-order valence-electron chi connectivity index (χ2n) is 8.85. The van der Waals surface area contributed by atoms with E-state index in [9.17, 15) is 0 Å². The van der Waals surface area contributed by atoms with Crippen LogP contribution in [0.2, 0.25) is 0 Å². The van der Waals surface area contributed by atoms with Gasteiger partial charge in [0.1, 0.15) is 6.33 Å². The summed E-state index contributed by atoms with van der Waals surface area (Å²) >= 11 is 0. The first-order chi connectivity index (χ1) is 18.7. The Hall–Kier alpha value is -5.12. The third kappa shape index (κ3) is 3.27. The van der Waals surface area contributed by atoms with Crippen LogP contribution in [0.15, 0.2) is 77.7 Å². The number of rotatable bonds is 5. The van der Waals surface area contributed by atoms with Crippen molar-refractivity contribution in [1.29, 1.82) is 0 Å². The van der Waals surface area contributed by atoms with Gasteiger partial charge < -0.3 is 18.6 Å². The van der Waals surface area contributed by atoms with E-state index in [0.717, 1.165) is 28.1 Å². The van der Waals surface area contributed by atoms with E-state index in [1.165, 1.54) is 0 Å². The van der Waals surface area contributed by atoms with E-state index in [1.54, 1.807) is 37.4 Å². The largest absolute Gasteiger partial charge is 0.493 e. The summed E-state index contributed by atoms with van der Waals surface area (Å²) in [5, 5.41) is 9.49. The minimum absolute atomic E-state index is 0.323. The Bertz CT molecular complexity index is 1790. The molecular weight excluding hydrogens is 484 g/mol. The monoisotopic (exact) mass is 506 g/mol. The molecule has 10 nitrogen and oxygen atoms in total. The van der Waals surface area contributed by atoms with Crippen molar-refractivity contribution in [2.45, 2.75) is 12.8 Å². The maximum absolute atomic E-state index is 6.47. The number of benzene rings is 2. The first-order valence-electron chi connectivity index (χ1n) is 12.0. The molecule has 0 fully saturated rings. The molecule has 0 saturated heterocycles. The van der Waals surface area contributed by atoms with Gasteiger partial charge in [-0.3, -0.25) is 0 Å². The van der Waals surface area contributed by atoms with Gasteiger partial charge in [0.25, 0.3) is 0 Å². The number of furan rings is 1. The smallest absolute Gasteiger partial charge is 0.230 e. The number of aromatic nitrogens is 6. The van der Waals surface area contributed by atoms with Crippen LogP contribution in [0.5, 0.6) is 23.3 Å². The molecule has 0 aliphatic carbocycles.